The summed E-state index contributed by atoms with van der Waals surface area (Å²) in [5.74, 6) is -0.922. The molecule has 4 rings (SSSR count). The molecule has 0 amide bonds. The number of rotatable bonds is 3. The summed E-state index contributed by atoms with van der Waals surface area (Å²) in [6, 6.07) is 9.85. The number of anilines is 2. The molecule has 3 heterocycles. The summed E-state index contributed by atoms with van der Waals surface area (Å²) in [6.07, 6.45) is -2.47. The highest BCUT2D eigenvalue weighted by molar-refractivity contribution is 5.83. The molecule has 2 N–H and O–H groups in total. The fraction of sp³-hybridized carbons (Fsp3) is 0.312. The topological polar surface area (TPSA) is 69.7 Å². The number of para-hydroxylation sites is 1. The van der Waals surface area contributed by atoms with Crippen molar-refractivity contribution < 1.29 is 13.2 Å². The fourth-order valence-electron chi connectivity index (χ4n) is 3.01. The molecular weight excluding hydrogens is 333 g/mol. The van der Waals surface area contributed by atoms with Gasteiger partial charge in [-0.2, -0.15) is 13.2 Å². The Morgan fingerprint density at radius 1 is 1.16 bits per heavy atom. The van der Waals surface area contributed by atoms with Crippen molar-refractivity contribution in [2.45, 2.75) is 18.6 Å². The van der Waals surface area contributed by atoms with Crippen LogP contribution in [0.2, 0.25) is 0 Å². The Hall–Kier alpha value is -2.84. The molecule has 130 valence electrons. The molecule has 1 aliphatic heterocycles. The van der Waals surface area contributed by atoms with Crippen LogP contribution in [0.25, 0.3) is 11.2 Å². The van der Waals surface area contributed by atoms with Gasteiger partial charge in [-0.15, -0.1) is 0 Å². The van der Waals surface area contributed by atoms with Crippen molar-refractivity contribution in [1.82, 2.24) is 19.9 Å². The van der Waals surface area contributed by atoms with Gasteiger partial charge in [0, 0.05) is 24.8 Å². The fourth-order valence-corrected chi connectivity index (χ4v) is 3.01. The van der Waals surface area contributed by atoms with Crippen LogP contribution in [0.5, 0.6) is 0 Å². The predicted octanol–water partition coefficient (Wildman–Crippen LogP) is 3.06. The van der Waals surface area contributed by atoms with Crippen LogP contribution in [0.4, 0.5) is 24.7 Å². The van der Waals surface area contributed by atoms with Crippen molar-refractivity contribution in [2.24, 2.45) is 0 Å². The van der Waals surface area contributed by atoms with Gasteiger partial charge < -0.3 is 15.2 Å². The second-order valence-electron chi connectivity index (χ2n) is 5.91. The molecule has 2 aromatic heterocycles. The first-order valence-corrected chi connectivity index (χ1v) is 7.85. The lowest BCUT2D eigenvalue weighted by Crippen LogP contribution is -2.27. The summed E-state index contributed by atoms with van der Waals surface area (Å²) in [5, 5.41) is 3.39. The summed E-state index contributed by atoms with van der Waals surface area (Å²) >= 11 is 0. The molecule has 1 atom stereocenters. The zero-order chi connectivity index (χ0) is 17.4. The molecule has 1 fully saturated rings. The van der Waals surface area contributed by atoms with Crippen molar-refractivity contribution in [3.63, 3.8) is 0 Å². The van der Waals surface area contributed by atoms with Gasteiger partial charge in [-0.3, -0.25) is 0 Å². The minimum atomic E-state index is -4.61. The molecule has 3 aromatic rings. The number of nitrogens with one attached hydrogen (secondary N) is 2. The maximum atomic E-state index is 13.1. The van der Waals surface area contributed by atoms with E-state index < -0.39 is 12.0 Å². The summed E-state index contributed by atoms with van der Waals surface area (Å²) in [6.45, 7) is 1.16. The van der Waals surface area contributed by atoms with E-state index in [0.717, 1.165) is 12.1 Å². The second kappa shape index (κ2) is 5.91. The summed E-state index contributed by atoms with van der Waals surface area (Å²) < 4.78 is 39.2. The lowest BCUT2D eigenvalue weighted by Gasteiger charge is -2.20. The average Bonchev–Trinajstić information content (AvgIpc) is 3.23. The van der Waals surface area contributed by atoms with E-state index in [9.17, 15) is 13.2 Å². The van der Waals surface area contributed by atoms with E-state index >= 15 is 0 Å². The second-order valence-corrected chi connectivity index (χ2v) is 5.91. The molecule has 9 heteroatoms. The third-order valence-corrected chi connectivity index (χ3v) is 4.15. The number of halogens is 3. The Morgan fingerprint density at radius 3 is 2.72 bits per heavy atom. The summed E-state index contributed by atoms with van der Waals surface area (Å²) in [7, 11) is 0. The van der Waals surface area contributed by atoms with Crippen molar-refractivity contribution in [3.8, 4) is 0 Å². The van der Waals surface area contributed by atoms with Crippen molar-refractivity contribution in [3.05, 3.63) is 42.5 Å². The highest BCUT2D eigenvalue weighted by atomic mass is 19.4. The zero-order valence-corrected chi connectivity index (χ0v) is 13.1. The maximum Gasteiger partial charge on any atom is 0.451 e. The van der Waals surface area contributed by atoms with Gasteiger partial charge in [0.05, 0.1) is 6.33 Å². The van der Waals surface area contributed by atoms with Crippen LogP contribution in [0, 0.1) is 0 Å². The van der Waals surface area contributed by atoms with Gasteiger partial charge in [-0.25, -0.2) is 15.0 Å². The zero-order valence-electron chi connectivity index (χ0n) is 13.1. The van der Waals surface area contributed by atoms with E-state index in [1.54, 1.807) is 0 Å². The number of fused-ring (bicyclic) bond motifs is 1. The van der Waals surface area contributed by atoms with Gasteiger partial charge >= 0.3 is 6.18 Å². The number of imidazole rings is 1. The number of hydrogen-bond acceptors (Lipinski definition) is 5. The number of nitrogens with zero attached hydrogens (tertiary/aromatic N) is 4. The van der Waals surface area contributed by atoms with Gasteiger partial charge in [0.15, 0.2) is 11.5 Å². The molecule has 0 spiro atoms. The van der Waals surface area contributed by atoms with Gasteiger partial charge in [0.2, 0.25) is 5.82 Å². The quantitative estimate of drug-likeness (QED) is 0.761. The number of H-pyrrole nitrogens is 1. The minimum Gasteiger partial charge on any atom is -0.380 e. The number of aromatic nitrogens is 4. The smallest absolute Gasteiger partial charge is 0.380 e. The molecule has 0 bridgehead atoms. The lowest BCUT2D eigenvalue weighted by molar-refractivity contribution is -0.144. The number of hydrogen-bond donors (Lipinski definition) is 2. The van der Waals surface area contributed by atoms with Crippen LogP contribution in [0.1, 0.15) is 12.2 Å². The SMILES string of the molecule is FC(F)(F)c1nc(N2CCC(Nc3ccccc3)C2)c2[nH]cnc2n1. The molecule has 1 aromatic carbocycles. The van der Waals surface area contributed by atoms with Crippen LogP contribution in [-0.4, -0.2) is 39.1 Å². The van der Waals surface area contributed by atoms with E-state index in [1.165, 1.54) is 6.33 Å². The number of alkyl halides is 3. The standard InChI is InChI=1S/C16H15F3N6/c17-16(18,19)15-23-13-12(20-9-21-13)14(24-15)25-7-6-11(8-25)22-10-4-2-1-3-5-10/h1-5,9,11,22H,6-8H2,(H,20,21,23,24). The lowest BCUT2D eigenvalue weighted by atomic mass is 10.2. The first-order chi connectivity index (χ1) is 12.0. The number of benzene rings is 1. The van der Waals surface area contributed by atoms with E-state index in [0.29, 0.717) is 18.6 Å². The Balaban J connectivity index is 1.61. The van der Waals surface area contributed by atoms with Gasteiger partial charge in [-0.1, -0.05) is 18.2 Å². The van der Waals surface area contributed by atoms with Crippen LogP contribution < -0.4 is 10.2 Å². The van der Waals surface area contributed by atoms with E-state index in [-0.39, 0.29) is 17.5 Å². The largest absolute Gasteiger partial charge is 0.451 e. The molecule has 0 saturated carbocycles. The van der Waals surface area contributed by atoms with Crippen molar-refractivity contribution in [1.29, 1.82) is 0 Å². The average molecular weight is 348 g/mol. The summed E-state index contributed by atoms with van der Waals surface area (Å²) in [4.78, 5) is 15.8. The predicted molar refractivity (Wildman–Crippen MR) is 87.4 cm³/mol. The van der Waals surface area contributed by atoms with Crippen LogP contribution in [-0.2, 0) is 6.18 Å². The van der Waals surface area contributed by atoms with Gasteiger partial charge in [-0.05, 0) is 18.6 Å². The molecule has 0 aliphatic carbocycles. The maximum absolute atomic E-state index is 13.1. The van der Waals surface area contributed by atoms with E-state index in [2.05, 4.69) is 25.3 Å². The molecule has 0 radical (unpaired) electrons. The summed E-state index contributed by atoms with van der Waals surface area (Å²) in [5.41, 5.74) is 1.44. The molecule has 1 saturated heterocycles. The third kappa shape index (κ3) is 3.09. The van der Waals surface area contributed by atoms with Gasteiger partial charge in [0.1, 0.15) is 5.52 Å². The Morgan fingerprint density at radius 2 is 1.96 bits per heavy atom. The van der Waals surface area contributed by atoms with Crippen LogP contribution >= 0.6 is 0 Å². The highest BCUT2D eigenvalue weighted by Gasteiger charge is 2.37. The first-order valence-electron chi connectivity index (χ1n) is 7.85. The Labute approximate surface area is 141 Å². The highest BCUT2D eigenvalue weighted by Crippen LogP contribution is 2.32. The first kappa shape index (κ1) is 15.7. The van der Waals surface area contributed by atoms with Gasteiger partial charge in [0.25, 0.3) is 0 Å². The van der Waals surface area contributed by atoms with Crippen molar-refractivity contribution >= 4 is 22.7 Å². The van der Waals surface area contributed by atoms with E-state index in [4.69, 9.17) is 0 Å². The minimum absolute atomic E-state index is 0.0248. The molecule has 1 aliphatic rings. The number of aromatic amines is 1. The molecular formula is C16H15F3N6. The molecule has 6 nitrogen and oxygen atoms in total. The normalized spacial score (nSPS) is 18.0. The Kier molecular flexibility index (Phi) is 3.70. The third-order valence-electron chi connectivity index (χ3n) is 4.15. The monoisotopic (exact) mass is 348 g/mol. The molecule has 1 unspecified atom stereocenters. The van der Waals surface area contributed by atoms with E-state index in [1.807, 2.05) is 35.2 Å². The van der Waals surface area contributed by atoms with Crippen LogP contribution in [0.3, 0.4) is 0 Å². The Bertz CT molecular complexity index is 876. The van der Waals surface area contributed by atoms with Crippen molar-refractivity contribution in [2.75, 3.05) is 23.3 Å². The molecule has 25 heavy (non-hydrogen) atoms. The van der Waals surface area contributed by atoms with Crippen LogP contribution in [0.15, 0.2) is 36.7 Å².